The van der Waals surface area contributed by atoms with Crippen molar-refractivity contribution in [2.75, 3.05) is 6.54 Å². The van der Waals surface area contributed by atoms with Crippen molar-refractivity contribution in [1.82, 2.24) is 68.0 Å². The van der Waals surface area contributed by atoms with E-state index < -0.39 is 156 Å². The van der Waals surface area contributed by atoms with Crippen molar-refractivity contribution in [2.24, 2.45) is 63.1 Å². The van der Waals surface area contributed by atoms with Crippen LogP contribution >= 0.6 is 0 Å². The number of fused-ring (bicyclic) bond motifs is 3. The van der Waals surface area contributed by atoms with E-state index in [9.17, 15) is 57.5 Å². The van der Waals surface area contributed by atoms with Crippen LogP contribution in [-0.2, 0) is 81.7 Å². The minimum Gasteiger partial charge on any atom is -0.370 e. The van der Waals surface area contributed by atoms with Gasteiger partial charge in [-0.3, -0.25) is 72.0 Å². The van der Waals surface area contributed by atoms with Crippen LogP contribution in [0.2, 0.25) is 0 Å². The Kier molecular flexibility index (Phi) is 33.2. The monoisotopic (exact) mass is 1360 g/mol. The number of guanidine groups is 1. The number of hydrogen-bond donors (Lipinski definition) is 16. The fourth-order valence-electron chi connectivity index (χ4n) is 11.0. The molecule has 11 amide bonds. The fourth-order valence-corrected chi connectivity index (χ4v) is 11.0. The number of nitrogens with zero attached hydrogens (tertiary/aromatic N) is 4. The molecule has 0 radical (unpaired) electrons. The molecular weight excluding hydrogens is 1260 g/mol. The van der Waals surface area contributed by atoms with Crippen molar-refractivity contribution < 1.29 is 62.3 Å². The molecule has 97 heavy (non-hydrogen) atoms. The van der Waals surface area contributed by atoms with Crippen LogP contribution in [0.1, 0.15) is 162 Å². The summed E-state index contributed by atoms with van der Waals surface area (Å²) in [5.41, 5.74) is 40.7. The maximum absolute atomic E-state index is 15.0. The van der Waals surface area contributed by atoms with Gasteiger partial charge in [-0.15, -0.1) is 5.10 Å². The van der Waals surface area contributed by atoms with E-state index in [0.29, 0.717) is 54.4 Å². The first-order valence-corrected chi connectivity index (χ1v) is 33.2. The molecule has 3 heterocycles. The number of amides is 11. The Bertz CT molecular complexity index is 3230. The van der Waals surface area contributed by atoms with Crippen LogP contribution in [-0.4, -0.2) is 163 Å². The third-order valence-electron chi connectivity index (χ3n) is 16.2. The second-order valence-corrected chi connectivity index (χ2v) is 26.2. The molecule has 0 saturated heterocycles. The molecule has 1 aromatic carbocycles. The summed E-state index contributed by atoms with van der Waals surface area (Å²) < 4.78 is 1.66. The van der Waals surface area contributed by atoms with Crippen LogP contribution in [0.15, 0.2) is 41.7 Å². The average molecular weight is 1360 g/mol. The molecular formula is C64H102N20O13. The highest BCUT2D eigenvalue weighted by molar-refractivity contribution is 6.41. The second-order valence-electron chi connectivity index (χ2n) is 26.2. The first-order chi connectivity index (χ1) is 45.8. The maximum atomic E-state index is 15.0. The Morgan fingerprint density at radius 1 is 0.629 bits per heavy atom. The zero-order valence-electron chi connectivity index (χ0n) is 56.7. The average Bonchev–Trinajstić information content (AvgIpc) is 1.77. The molecule has 10 atom stereocenters. The number of Topliss-reactive ketones (excluding diaryl/α,β-unsaturated/α-hetero) is 2. The normalized spacial score (nSPS) is 22.2. The number of para-hydroxylation sites is 1. The van der Waals surface area contributed by atoms with E-state index >= 15 is 4.79 Å². The number of nitrogens with one attached hydrogen (secondary N) is 10. The van der Waals surface area contributed by atoms with Gasteiger partial charge in [0.15, 0.2) is 5.96 Å². The van der Waals surface area contributed by atoms with E-state index in [-0.39, 0.29) is 94.5 Å². The predicted octanol–water partition coefficient (Wildman–Crippen LogP) is -2.02. The number of nitrogens with two attached hydrogens (primary N) is 6. The van der Waals surface area contributed by atoms with Gasteiger partial charge in [0, 0.05) is 55.1 Å². The highest BCUT2D eigenvalue weighted by Gasteiger charge is 2.38. The molecule has 0 aliphatic carbocycles. The lowest BCUT2D eigenvalue weighted by molar-refractivity contribution is -0.141. The van der Waals surface area contributed by atoms with Gasteiger partial charge in [0.2, 0.25) is 76.5 Å². The molecule has 2 aromatic heterocycles. The van der Waals surface area contributed by atoms with E-state index in [2.05, 4.69) is 68.4 Å². The third kappa shape index (κ3) is 28.5. The summed E-state index contributed by atoms with van der Waals surface area (Å²) in [5, 5.41) is 27.7. The summed E-state index contributed by atoms with van der Waals surface area (Å²) in [6.45, 7) is 12.8. The summed E-state index contributed by atoms with van der Waals surface area (Å²) in [6.07, 6.45) is 4.67. The van der Waals surface area contributed by atoms with Crippen molar-refractivity contribution in [1.29, 1.82) is 0 Å². The summed E-state index contributed by atoms with van der Waals surface area (Å²) in [7, 11) is 0. The quantitative estimate of drug-likeness (QED) is 0.0199. The van der Waals surface area contributed by atoms with Gasteiger partial charge < -0.3 is 76.6 Å². The van der Waals surface area contributed by atoms with Crippen molar-refractivity contribution in [3.63, 3.8) is 0 Å². The molecule has 0 fully saturated rings. The van der Waals surface area contributed by atoms with Crippen molar-refractivity contribution in [3.8, 4) is 0 Å². The number of rotatable bonds is 24. The summed E-state index contributed by atoms with van der Waals surface area (Å²) >= 11 is 0. The van der Waals surface area contributed by atoms with E-state index in [1.807, 2.05) is 6.07 Å². The van der Waals surface area contributed by atoms with Crippen LogP contribution in [0.4, 0.5) is 0 Å². The van der Waals surface area contributed by atoms with Gasteiger partial charge in [-0.25, -0.2) is 10.9 Å². The molecule has 33 heteroatoms. The van der Waals surface area contributed by atoms with Crippen LogP contribution in [0, 0.1) is 23.7 Å². The predicted molar refractivity (Wildman–Crippen MR) is 358 cm³/mol. The standard InChI is InChI=1S/C64H102N20O13/c1-34(2)26-45-54(88)55(89)46(27-35(3)4)82-81-44(60(94)74-43(22-23-51(65)85)59(93)76-47(56(68)90)30-52(66)86)20-14-17-39-33-84(83-80-39)25-13-9-8-10-16-37(7)57(91)77-50(31-53(67)87)63(97)78-48(28-36(5)6)61(95)79-49(29-38-32-72-41-19-12-11-18-40(38)41)62(96)73-42(58(92)75-45)21-15-24-71-64(69)70/h11-12,18-19,32-37,42-50,72,81-82H,8-10,13-17,20-31H2,1-7H3,(H2,65,85)(H2,66,86)(H2,67,87)(H2,68,90)(H,73,96)(H,74,94)(H,75,92)(H,76,93)(H,77,91)(H,78,97)(H,79,95)(H4,69,70,71)/t37-,42?,43+,44+,45+,46+,47+,48?,49+,50+/m1/s1. The van der Waals surface area contributed by atoms with Gasteiger partial charge in [0.25, 0.3) is 0 Å². The molecule has 1 aliphatic rings. The lowest BCUT2D eigenvalue weighted by Crippen LogP contribution is -2.61. The summed E-state index contributed by atoms with van der Waals surface area (Å²) in [4.78, 5) is 186. The van der Waals surface area contributed by atoms with Crippen molar-refractivity contribution >= 4 is 93.4 Å². The smallest absolute Gasteiger partial charge is 0.243 e. The van der Waals surface area contributed by atoms with Gasteiger partial charge in [-0.1, -0.05) is 91.1 Å². The van der Waals surface area contributed by atoms with Crippen LogP contribution in [0.5, 0.6) is 0 Å². The number of aromatic amines is 1. The number of primary amides is 4. The lowest BCUT2D eigenvalue weighted by Gasteiger charge is -2.29. The number of hydrazine groups is 1. The highest BCUT2D eigenvalue weighted by Crippen LogP contribution is 2.21. The van der Waals surface area contributed by atoms with Gasteiger partial charge in [0.05, 0.1) is 36.7 Å². The minimum atomic E-state index is -1.58. The van der Waals surface area contributed by atoms with E-state index in [1.54, 1.807) is 83.7 Å². The first-order valence-electron chi connectivity index (χ1n) is 33.2. The Balaban J connectivity index is 1.82. The Hall–Kier alpha value is -9.40. The summed E-state index contributed by atoms with van der Waals surface area (Å²) in [5.74, 6) is -13.5. The van der Waals surface area contributed by atoms with Gasteiger partial charge in [0.1, 0.15) is 36.3 Å². The molecule has 3 aromatic rings. The number of benzene rings is 1. The van der Waals surface area contributed by atoms with Crippen LogP contribution in [0.3, 0.4) is 0 Å². The molecule has 22 N–H and O–H groups in total. The number of hydrogen-bond acceptors (Lipinski definition) is 18. The third-order valence-corrected chi connectivity index (χ3v) is 16.2. The Morgan fingerprint density at radius 3 is 1.87 bits per heavy atom. The molecule has 4 rings (SSSR count). The molecule has 536 valence electrons. The number of ketones is 2. The van der Waals surface area contributed by atoms with Crippen LogP contribution in [0.25, 0.3) is 10.9 Å². The SMILES string of the molecule is CC(C)CC1NC(=O)[C@H](CC(N)=O)NC(=O)[C@H](C)CCCCCCn2cc(nn2)CCC[C@@H](C(=O)N[C@@H](CCC(N)=O)C(=O)N[C@@H](CC(N)=O)C(N)=O)NN[C@@H](CC(C)C)C(=O)C(=O)[C@H](CC(C)C)NC(=O)C(CCCN=C(N)N)NC(=O)[C@H](Cc2c[nH]c3ccccc23)NC1=O. The number of aryl methyl sites for hydroxylation is 2. The Morgan fingerprint density at radius 2 is 1.22 bits per heavy atom. The highest BCUT2D eigenvalue weighted by atomic mass is 16.2. The van der Waals surface area contributed by atoms with Crippen LogP contribution < -0.4 is 82.5 Å². The summed E-state index contributed by atoms with van der Waals surface area (Å²) in [6, 6.07) is -5.92. The van der Waals surface area contributed by atoms with E-state index in [4.69, 9.17) is 34.4 Å². The fraction of sp³-hybridized carbons (Fsp3) is 0.625. The zero-order valence-corrected chi connectivity index (χ0v) is 56.7. The molecule has 33 nitrogen and oxygen atoms in total. The zero-order chi connectivity index (χ0) is 72.1. The Labute approximate surface area is 564 Å². The number of carbonyl (C=O) groups excluding carboxylic acids is 13. The molecule has 0 saturated carbocycles. The topological polar surface area (TPSA) is 545 Å². The van der Waals surface area contributed by atoms with Crippen molar-refractivity contribution in [2.45, 2.75) is 225 Å². The van der Waals surface area contributed by atoms with Gasteiger partial charge in [-0.2, -0.15) is 0 Å². The molecule has 1 aliphatic heterocycles. The molecule has 2 bridgehead atoms. The molecule has 2 unspecified atom stereocenters. The second kappa shape index (κ2) is 40.2. The first kappa shape index (κ1) is 80.0. The van der Waals surface area contributed by atoms with E-state index in [1.165, 1.54) is 0 Å². The lowest BCUT2D eigenvalue weighted by atomic mass is 9.92. The number of aromatic nitrogens is 4. The van der Waals surface area contributed by atoms with Crippen molar-refractivity contribution in [3.05, 3.63) is 47.9 Å². The van der Waals surface area contributed by atoms with E-state index in [0.717, 1.165) is 6.42 Å². The number of aliphatic imine (C=N–C) groups is 1. The number of carbonyl (C=O) groups is 13. The molecule has 0 spiro atoms. The van der Waals surface area contributed by atoms with Gasteiger partial charge in [-0.05, 0) is 100 Å². The largest absolute Gasteiger partial charge is 0.370 e. The maximum Gasteiger partial charge on any atom is 0.243 e. The minimum absolute atomic E-state index is 0.00622. The number of H-pyrrole nitrogens is 1. The van der Waals surface area contributed by atoms with Gasteiger partial charge >= 0.3 is 0 Å².